The molecule has 1 saturated heterocycles. The molecule has 0 bridgehead atoms. The van der Waals surface area contributed by atoms with Crippen LogP contribution in [0.2, 0.25) is 0 Å². The van der Waals surface area contributed by atoms with Gasteiger partial charge in [-0.3, -0.25) is 15.5 Å². The summed E-state index contributed by atoms with van der Waals surface area (Å²) in [5.41, 5.74) is 4.51. The Bertz CT molecular complexity index is 772. The molecule has 1 aromatic carbocycles. The van der Waals surface area contributed by atoms with Gasteiger partial charge in [0.25, 0.3) is 5.69 Å². The van der Waals surface area contributed by atoms with Crippen molar-refractivity contribution in [3.8, 4) is 0 Å². The Morgan fingerprint density at radius 3 is 2.68 bits per heavy atom. The number of non-ortho nitro benzene ring substituents is 1. The molecule has 1 aliphatic rings. The molecule has 1 aromatic heterocycles. The summed E-state index contributed by atoms with van der Waals surface area (Å²) in [5, 5.41) is 14.8. The minimum atomic E-state index is -0.435. The molecule has 2 heterocycles. The molecule has 3 rings (SSSR count). The van der Waals surface area contributed by atoms with Gasteiger partial charge in [0, 0.05) is 37.0 Å². The molecule has 0 spiro atoms. The summed E-state index contributed by atoms with van der Waals surface area (Å²) >= 11 is 0. The summed E-state index contributed by atoms with van der Waals surface area (Å²) in [6, 6.07) is 7.94. The summed E-state index contributed by atoms with van der Waals surface area (Å²) in [6.07, 6.45) is 1.58. The highest BCUT2D eigenvalue weighted by Crippen LogP contribution is 2.15. The first-order chi connectivity index (χ1) is 12.1. The average Bonchev–Trinajstić information content (AvgIpc) is 2.62. The van der Waals surface area contributed by atoms with Crippen LogP contribution in [0.1, 0.15) is 11.3 Å². The lowest BCUT2D eigenvalue weighted by Gasteiger charge is -2.27. The lowest BCUT2D eigenvalue weighted by molar-refractivity contribution is -0.384. The van der Waals surface area contributed by atoms with Gasteiger partial charge in [-0.15, -0.1) is 0 Å². The first-order valence-corrected chi connectivity index (χ1v) is 7.84. The molecular weight excluding hydrogens is 324 g/mol. The van der Waals surface area contributed by atoms with Gasteiger partial charge in [-0.1, -0.05) is 0 Å². The fourth-order valence-electron chi connectivity index (χ4n) is 2.37. The number of hydrogen-bond acceptors (Lipinski definition) is 8. The maximum atomic E-state index is 10.6. The molecule has 130 valence electrons. The van der Waals surface area contributed by atoms with Crippen LogP contribution >= 0.6 is 0 Å². The minimum absolute atomic E-state index is 0.0479. The quantitative estimate of drug-likeness (QED) is 0.503. The molecule has 1 N–H and O–H groups in total. The number of hydrogen-bond donors (Lipinski definition) is 1. The van der Waals surface area contributed by atoms with Crippen molar-refractivity contribution in [1.29, 1.82) is 0 Å². The maximum Gasteiger partial charge on any atom is 0.269 e. The van der Waals surface area contributed by atoms with Crippen molar-refractivity contribution in [2.24, 2.45) is 5.10 Å². The average molecular weight is 342 g/mol. The van der Waals surface area contributed by atoms with E-state index in [1.165, 1.54) is 12.1 Å². The number of anilines is 2. The van der Waals surface area contributed by atoms with E-state index in [4.69, 9.17) is 4.74 Å². The highest BCUT2D eigenvalue weighted by Gasteiger charge is 2.14. The van der Waals surface area contributed by atoms with E-state index in [9.17, 15) is 10.1 Å². The molecule has 0 radical (unpaired) electrons. The number of rotatable bonds is 5. The molecule has 9 nitrogen and oxygen atoms in total. The molecule has 9 heteroatoms. The second-order valence-corrected chi connectivity index (χ2v) is 5.51. The lowest BCUT2D eigenvalue weighted by atomic mass is 10.2. The Balaban J connectivity index is 1.67. The third-order valence-corrected chi connectivity index (χ3v) is 3.63. The molecule has 1 aliphatic heterocycles. The molecule has 0 unspecified atom stereocenters. The van der Waals surface area contributed by atoms with Crippen molar-refractivity contribution in [3.05, 3.63) is 51.7 Å². The highest BCUT2D eigenvalue weighted by atomic mass is 16.6. The molecule has 25 heavy (non-hydrogen) atoms. The molecule has 2 aromatic rings. The third-order valence-electron chi connectivity index (χ3n) is 3.63. The summed E-state index contributed by atoms with van der Waals surface area (Å²) in [4.78, 5) is 21.2. The molecule has 0 atom stereocenters. The van der Waals surface area contributed by atoms with E-state index in [0.717, 1.165) is 24.3 Å². The number of morpholine rings is 1. The Labute approximate surface area is 144 Å². The molecular formula is C16H18N6O3. The number of ether oxygens (including phenoxy) is 1. The maximum absolute atomic E-state index is 10.6. The highest BCUT2D eigenvalue weighted by molar-refractivity contribution is 5.80. The van der Waals surface area contributed by atoms with Gasteiger partial charge in [0.05, 0.1) is 24.4 Å². The smallest absolute Gasteiger partial charge is 0.269 e. The molecule has 0 saturated carbocycles. The predicted octanol–water partition coefficient (Wildman–Crippen LogP) is 1.98. The van der Waals surface area contributed by atoms with Crippen LogP contribution in [0.4, 0.5) is 17.5 Å². The number of aromatic nitrogens is 2. The molecule has 0 aliphatic carbocycles. The van der Waals surface area contributed by atoms with Crippen molar-refractivity contribution in [2.45, 2.75) is 6.92 Å². The number of nitrogens with one attached hydrogen (secondary N) is 1. The van der Waals surface area contributed by atoms with Gasteiger partial charge in [0.15, 0.2) is 5.82 Å². The van der Waals surface area contributed by atoms with Gasteiger partial charge in [0.2, 0.25) is 5.95 Å². The van der Waals surface area contributed by atoms with Crippen LogP contribution in [0, 0.1) is 17.0 Å². The topological polar surface area (TPSA) is 106 Å². The zero-order valence-corrected chi connectivity index (χ0v) is 13.8. The van der Waals surface area contributed by atoms with Gasteiger partial charge < -0.3 is 9.64 Å². The molecule has 1 fully saturated rings. The zero-order chi connectivity index (χ0) is 17.6. The fraction of sp³-hybridized carbons (Fsp3) is 0.312. The number of benzene rings is 1. The third kappa shape index (κ3) is 4.48. The Kier molecular flexibility index (Phi) is 5.14. The van der Waals surface area contributed by atoms with E-state index in [-0.39, 0.29) is 5.69 Å². The zero-order valence-electron chi connectivity index (χ0n) is 13.8. The Morgan fingerprint density at radius 2 is 2.00 bits per heavy atom. The van der Waals surface area contributed by atoms with Crippen LogP contribution in [0.25, 0.3) is 0 Å². The van der Waals surface area contributed by atoms with Gasteiger partial charge in [-0.25, -0.2) is 4.98 Å². The van der Waals surface area contributed by atoms with E-state index in [0.29, 0.717) is 25.0 Å². The summed E-state index contributed by atoms with van der Waals surface area (Å²) < 4.78 is 5.34. The van der Waals surface area contributed by atoms with E-state index < -0.39 is 4.92 Å². The van der Waals surface area contributed by atoms with Crippen LogP contribution in [0.15, 0.2) is 35.4 Å². The van der Waals surface area contributed by atoms with Crippen LogP contribution in [-0.4, -0.2) is 47.4 Å². The minimum Gasteiger partial charge on any atom is -0.378 e. The largest absolute Gasteiger partial charge is 0.378 e. The SMILES string of the molecule is Cc1cc(NN=Cc2ccc([N+](=O)[O-])cc2)nc(N2CCOCC2)n1. The Morgan fingerprint density at radius 1 is 1.28 bits per heavy atom. The number of nitro benzene ring substituents is 1. The first kappa shape index (κ1) is 16.8. The summed E-state index contributed by atoms with van der Waals surface area (Å²) in [5.74, 6) is 1.24. The molecule has 0 amide bonds. The monoisotopic (exact) mass is 342 g/mol. The standard InChI is InChI=1S/C16H18N6O3/c1-12-10-15(19-16(18-12)21-6-8-25-9-7-21)20-17-11-13-2-4-14(5-3-13)22(23)24/h2-5,10-11H,6-9H2,1H3,(H,18,19,20). The first-order valence-electron chi connectivity index (χ1n) is 7.84. The van der Waals surface area contributed by atoms with E-state index in [2.05, 4.69) is 25.4 Å². The number of nitro groups is 1. The van der Waals surface area contributed by atoms with Gasteiger partial charge in [-0.2, -0.15) is 10.1 Å². The van der Waals surface area contributed by atoms with Crippen LogP contribution < -0.4 is 10.3 Å². The van der Waals surface area contributed by atoms with Crippen molar-refractivity contribution < 1.29 is 9.66 Å². The second kappa shape index (κ2) is 7.67. The van der Waals surface area contributed by atoms with Crippen molar-refractivity contribution in [3.63, 3.8) is 0 Å². The predicted molar refractivity (Wildman–Crippen MR) is 94.1 cm³/mol. The fourth-order valence-corrected chi connectivity index (χ4v) is 2.37. The van der Waals surface area contributed by atoms with Gasteiger partial charge >= 0.3 is 0 Å². The van der Waals surface area contributed by atoms with E-state index in [1.807, 2.05) is 6.92 Å². The van der Waals surface area contributed by atoms with E-state index in [1.54, 1.807) is 24.4 Å². The normalized spacial score (nSPS) is 14.7. The lowest BCUT2D eigenvalue weighted by Crippen LogP contribution is -2.37. The van der Waals surface area contributed by atoms with Gasteiger partial charge in [-0.05, 0) is 24.6 Å². The van der Waals surface area contributed by atoms with E-state index >= 15 is 0 Å². The van der Waals surface area contributed by atoms with Crippen molar-refractivity contribution >= 4 is 23.7 Å². The number of nitrogens with zero attached hydrogens (tertiary/aromatic N) is 5. The summed E-state index contributed by atoms with van der Waals surface area (Å²) in [7, 11) is 0. The van der Waals surface area contributed by atoms with Gasteiger partial charge in [0.1, 0.15) is 0 Å². The second-order valence-electron chi connectivity index (χ2n) is 5.51. The van der Waals surface area contributed by atoms with Crippen LogP contribution in [0.3, 0.4) is 0 Å². The Hall–Kier alpha value is -3.07. The number of hydrazone groups is 1. The van der Waals surface area contributed by atoms with Crippen LogP contribution in [-0.2, 0) is 4.74 Å². The van der Waals surface area contributed by atoms with Crippen molar-refractivity contribution in [1.82, 2.24) is 9.97 Å². The number of aryl methyl sites for hydroxylation is 1. The van der Waals surface area contributed by atoms with Crippen LogP contribution in [0.5, 0.6) is 0 Å². The van der Waals surface area contributed by atoms with Crippen molar-refractivity contribution in [2.75, 3.05) is 36.6 Å². The summed E-state index contributed by atoms with van der Waals surface area (Å²) in [6.45, 7) is 4.75.